The Morgan fingerprint density at radius 3 is 2.71 bits per heavy atom. The maximum absolute atomic E-state index is 9.57. The molecule has 31 heavy (non-hydrogen) atoms. The fraction of sp³-hybridized carbons (Fsp3) is 0.227. The zero-order chi connectivity index (χ0) is 21.4. The number of aliphatic hydroxyl groups excluding tert-OH is 1. The molecular weight excluding hydrogens is 394 g/mol. The Bertz CT molecular complexity index is 1180. The molecule has 3 aromatic heterocycles. The van der Waals surface area contributed by atoms with Gasteiger partial charge < -0.3 is 25.0 Å². The highest BCUT2D eigenvalue weighted by Crippen LogP contribution is 2.28. The Morgan fingerprint density at radius 2 is 1.97 bits per heavy atom. The van der Waals surface area contributed by atoms with Crippen LogP contribution in [0.25, 0.3) is 11.1 Å². The summed E-state index contributed by atoms with van der Waals surface area (Å²) in [5.74, 6) is 1.35. The van der Waals surface area contributed by atoms with Crippen LogP contribution in [0.1, 0.15) is 23.2 Å². The molecule has 0 fully saturated rings. The second kappa shape index (κ2) is 7.86. The number of fused-ring (bicyclic) bond motifs is 1. The smallest absolute Gasteiger partial charge is 0.227 e. The first-order chi connectivity index (χ1) is 15.1. The third kappa shape index (κ3) is 3.76. The molecule has 0 saturated carbocycles. The molecule has 4 heterocycles. The molecule has 5 rings (SSSR count). The van der Waals surface area contributed by atoms with Crippen molar-refractivity contribution in [2.45, 2.75) is 19.3 Å². The van der Waals surface area contributed by atoms with E-state index in [4.69, 9.17) is 0 Å². The maximum Gasteiger partial charge on any atom is 0.227 e. The quantitative estimate of drug-likeness (QED) is 0.369. The number of hydrogen-bond acceptors (Lipinski definition) is 7. The summed E-state index contributed by atoms with van der Waals surface area (Å²) in [5.41, 5.74) is 5.74. The van der Waals surface area contributed by atoms with Crippen molar-refractivity contribution >= 4 is 17.5 Å². The number of anilines is 3. The van der Waals surface area contributed by atoms with Crippen LogP contribution in [-0.4, -0.2) is 41.5 Å². The molecule has 0 amide bonds. The van der Waals surface area contributed by atoms with Crippen LogP contribution in [0.4, 0.5) is 17.5 Å². The van der Waals surface area contributed by atoms with Crippen LogP contribution in [0.5, 0.6) is 0 Å². The minimum absolute atomic E-state index is 0.502. The summed E-state index contributed by atoms with van der Waals surface area (Å²) < 4.78 is 1.84. The lowest BCUT2D eigenvalue weighted by Gasteiger charge is -2.28. The van der Waals surface area contributed by atoms with E-state index in [9.17, 15) is 10.2 Å². The SMILES string of the molecule is Cn1c(C(O)O)cc2c1CN(c1nccc(Nc3ccc(-c4cn[nH]c4)cc3)n1)CC2. The highest BCUT2D eigenvalue weighted by molar-refractivity contribution is 5.66. The lowest BCUT2D eigenvalue weighted by molar-refractivity contribution is -0.0478. The largest absolute Gasteiger partial charge is 0.363 e. The second-order valence-corrected chi connectivity index (χ2v) is 7.58. The Balaban J connectivity index is 1.33. The highest BCUT2D eigenvalue weighted by atomic mass is 16.5. The van der Waals surface area contributed by atoms with Crippen molar-refractivity contribution in [3.8, 4) is 11.1 Å². The lowest BCUT2D eigenvalue weighted by atomic mass is 10.1. The normalized spacial score (nSPS) is 13.5. The van der Waals surface area contributed by atoms with Crippen LogP contribution in [0.15, 0.2) is 55.0 Å². The van der Waals surface area contributed by atoms with Crippen LogP contribution >= 0.6 is 0 Å². The van der Waals surface area contributed by atoms with E-state index in [2.05, 4.69) is 30.4 Å². The number of nitrogens with zero attached hydrogens (tertiary/aromatic N) is 5. The summed E-state index contributed by atoms with van der Waals surface area (Å²) in [4.78, 5) is 11.2. The molecule has 0 radical (unpaired) electrons. The van der Waals surface area contributed by atoms with E-state index in [1.807, 2.05) is 54.2 Å². The monoisotopic (exact) mass is 417 g/mol. The molecule has 4 N–H and O–H groups in total. The molecule has 0 aliphatic carbocycles. The zero-order valence-corrected chi connectivity index (χ0v) is 17.0. The first-order valence-corrected chi connectivity index (χ1v) is 10.1. The Morgan fingerprint density at radius 1 is 1.13 bits per heavy atom. The van der Waals surface area contributed by atoms with Crippen molar-refractivity contribution in [1.82, 2.24) is 24.7 Å². The van der Waals surface area contributed by atoms with Crippen molar-refractivity contribution < 1.29 is 10.2 Å². The van der Waals surface area contributed by atoms with Crippen LogP contribution < -0.4 is 10.2 Å². The summed E-state index contributed by atoms with van der Waals surface area (Å²) >= 11 is 0. The first kappa shape index (κ1) is 19.3. The molecule has 4 aromatic rings. The van der Waals surface area contributed by atoms with E-state index in [0.717, 1.165) is 41.0 Å². The minimum Gasteiger partial charge on any atom is -0.363 e. The van der Waals surface area contributed by atoms with Gasteiger partial charge in [-0.25, -0.2) is 4.98 Å². The van der Waals surface area contributed by atoms with Crippen LogP contribution in [0, 0.1) is 0 Å². The minimum atomic E-state index is -1.48. The second-order valence-electron chi connectivity index (χ2n) is 7.58. The van der Waals surface area contributed by atoms with Gasteiger partial charge in [-0.3, -0.25) is 5.10 Å². The van der Waals surface area contributed by atoms with Crippen molar-refractivity contribution in [1.29, 1.82) is 0 Å². The number of aromatic nitrogens is 5. The molecule has 158 valence electrons. The number of rotatable bonds is 5. The van der Waals surface area contributed by atoms with E-state index in [1.54, 1.807) is 12.4 Å². The molecule has 9 nitrogen and oxygen atoms in total. The van der Waals surface area contributed by atoms with Crippen molar-refractivity contribution in [2.75, 3.05) is 16.8 Å². The van der Waals surface area contributed by atoms with E-state index < -0.39 is 6.29 Å². The molecule has 0 unspecified atom stereocenters. The van der Waals surface area contributed by atoms with E-state index in [0.29, 0.717) is 24.0 Å². The van der Waals surface area contributed by atoms with Gasteiger partial charge >= 0.3 is 0 Å². The number of aromatic amines is 1. The molecule has 0 bridgehead atoms. The van der Waals surface area contributed by atoms with Gasteiger partial charge in [-0.05, 0) is 41.8 Å². The van der Waals surface area contributed by atoms with Crippen LogP contribution in [0.3, 0.4) is 0 Å². The summed E-state index contributed by atoms with van der Waals surface area (Å²) in [7, 11) is 1.85. The predicted molar refractivity (Wildman–Crippen MR) is 117 cm³/mol. The zero-order valence-electron chi connectivity index (χ0n) is 17.0. The van der Waals surface area contributed by atoms with Gasteiger partial charge in [0.25, 0.3) is 0 Å². The van der Waals surface area contributed by atoms with Gasteiger partial charge in [-0.1, -0.05) is 12.1 Å². The van der Waals surface area contributed by atoms with Crippen molar-refractivity contribution in [2.24, 2.45) is 7.05 Å². The average Bonchev–Trinajstić information content (AvgIpc) is 3.43. The van der Waals surface area contributed by atoms with Crippen molar-refractivity contribution in [3.63, 3.8) is 0 Å². The van der Waals surface area contributed by atoms with Gasteiger partial charge in [0, 0.05) is 42.9 Å². The lowest BCUT2D eigenvalue weighted by Crippen LogP contribution is -2.32. The summed E-state index contributed by atoms with van der Waals surface area (Å²) in [6.07, 6.45) is 4.72. The number of H-pyrrole nitrogens is 1. The van der Waals surface area contributed by atoms with Gasteiger partial charge in [-0.15, -0.1) is 0 Å². The maximum atomic E-state index is 9.57. The fourth-order valence-corrected chi connectivity index (χ4v) is 3.96. The van der Waals surface area contributed by atoms with Gasteiger partial charge in [0.2, 0.25) is 5.95 Å². The van der Waals surface area contributed by atoms with E-state index in [-0.39, 0.29) is 0 Å². The average molecular weight is 417 g/mol. The number of nitrogens with one attached hydrogen (secondary N) is 2. The van der Waals surface area contributed by atoms with Gasteiger partial charge in [0.15, 0.2) is 6.29 Å². The van der Waals surface area contributed by atoms with Gasteiger partial charge in [0.05, 0.1) is 18.4 Å². The van der Waals surface area contributed by atoms with E-state index in [1.165, 1.54) is 0 Å². The van der Waals surface area contributed by atoms with Gasteiger partial charge in [0.1, 0.15) is 5.82 Å². The third-order valence-corrected chi connectivity index (χ3v) is 5.66. The molecule has 0 spiro atoms. The molecule has 1 aliphatic heterocycles. The van der Waals surface area contributed by atoms with Crippen LogP contribution in [0.2, 0.25) is 0 Å². The van der Waals surface area contributed by atoms with Gasteiger partial charge in [-0.2, -0.15) is 10.1 Å². The predicted octanol–water partition coefficient (Wildman–Crippen LogP) is 2.49. The Labute approximate surface area is 179 Å². The summed E-state index contributed by atoms with van der Waals surface area (Å²) in [5, 5.41) is 29.3. The summed E-state index contributed by atoms with van der Waals surface area (Å²) in [6, 6.07) is 11.8. The topological polar surface area (TPSA) is 115 Å². The molecule has 1 aliphatic rings. The summed E-state index contributed by atoms with van der Waals surface area (Å²) in [6.45, 7) is 1.38. The molecule has 0 atom stereocenters. The Hall–Kier alpha value is -3.69. The number of hydrogen-bond donors (Lipinski definition) is 4. The molecular formula is C22H23N7O2. The molecule has 9 heteroatoms. The highest BCUT2D eigenvalue weighted by Gasteiger charge is 2.24. The third-order valence-electron chi connectivity index (χ3n) is 5.66. The Kier molecular flexibility index (Phi) is 4.89. The molecule has 0 saturated heterocycles. The standard InChI is InChI=1S/C22H23N7O2/c1-28-18(21(30)31)10-15-7-9-29(13-19(15)28)22-23-8-6-20(27-22)26-17-4-2-14(3-5-17)16-11-24-25-12-16/h2-6,8,10-12,21,30-31H,7,9,13H2,1H3,(H,24,25)(H,23,26,27). The van der Waals surface area contributed by atoms with Crippen molar-refractivity contribution in [3.05, 3.63) is 71.9 Å². The van der Waals surface area contributed by atoms with Crippen LogP contribution in [-0.2, 0) is 20.0 Å². The fourth-order valence-electron chi connectivity index (χ4n) is 3.96. The van der Waals surface area contributed by atoms with E-state index >= 15 is 0 Å². The number of benzene rings is 1. The first-order valence-electron chi connectivity index (χ1n) is 10.1. The number of aliphatic hydroxyl groups is 2. The molecule has 1 aromatic carbocycles.